The van der Waals surface area contributed by atoms with E-state index in [1.807, 2.05) is 30.3 Å². The number of ketones is 1. The molecule has 0 saturated carbocycles. The fourth-order valence-electron chi connectivity index (χ4n) is 3.92. The van der Waals surface area contributed by atoms with Gasteiger partial charge in [0.1, 0.15) is 22.4 Å². The third kappa shape index (κ3) is 8.74. The van der Waals surface area contributed by atoms with Crippen LogP contribution in [0.5, 0.6) is 5.75 Å². The molecule has 0 atom stereocenters. The van der Waals surface area contributed by atoms with E-state index in [0.717, 1.165) is 65.5 Å². The largest absolute Gasteiger partial charge is 0.489 e. The van der Waals surface area contributed by atoms with Gasteiger partial charge in [0.25, 0.3) is 11.7 Å². The van der Waals surface area contributed by atoms with E-state index >= 15 is 0 Å². The van der Waals surface area contributed by atoms with Gasteiger partial charge in [-0.3, -0.25) is 9.59 Å². The molecule has 0 fully saturated rings. The summed E-state index contributed by atoms with van der Waals surface area (Å²) in [6.45, 7) is 0.715. The van der Waals surface area contributed by atoms with Crippen LogP contribution in [0.2, 0.25) is 0 Å². The Morgan fingerprint density at radius 3 is 2.49 bits per heavy atom. The predicted molar refractivity (Wildman–Crippen MR) is 151 cm³/mol. The van der Waals surface area contributed by atoms with Gasteiger partial charge in [0.15, 0.2) is 0 Å². The molecule has 0 aliphatic carbocycles. The molecule has 0 saturated heterocycles. The van der Waals surface area contributed by atoms with Crippen molar-refractivity contribution in [2.45, 2.75) is 38.7 Å². The lowest BCUT2D eigenvalue weighted by Crippen LogP contribution is -2.31. The summed E-state index contributed by atoms with van der Waals surface area (Å²) in [4.78, 5) is 39.1. The number of unbranched alkanes of at least 4 members (excludes halogenated alkanes) is 3. The van der Waals surface area contributed by atoms with Crippen LogP contribution < -0.4 is 10.1 Å². The zero-order valence-corrected chi connectivity index (χ0v) is 23.3. The standard InChI is InChI=1S/C30H29FN4O5S/c1-39-30(38)22-8-6-7-20(17-22)19-40-24-13-10-21(11-14-24)29-35-34-26(41-29)9-4-2-3-5-16-32-28(37)27(36)23-12-15-25(31)33-18-23/h6-8,10-15,17-18H,2-5,9,16,19H2,1H3,(H,32,37). The molecule has 2 aromatic carbocycles. The summed E-state index contributed by atoms with van der Waals surface area (Å²) < 4.78 is 23.5. The first-order chi connectivity index (χ1) is 19.9. The number of nitrogens with zero attached hydrogens (tertiary/aromatic N) is 3. The molecule has 0 aliphatic heterocycles. The normalized spacial score (nSPS) is 10.7. The van der Waals surface area contributed by atoms with Gasteiger partial charge >= 0.3 is 5.97 Å². The first kappa shape index (κ1) is 29.5. The Morgan fingerprint density at radius 2 is 1.73 bits per heavy atom. The zero-order valence-electron chi connectivity index (χ0n) is 22.5. The number of carbonyl (C=O) groups is 3. The maximum absolute atomic E-state index is 12.9. The molecule has 0 unspecified atom stereocenters. The molecule has 1 N–H and O–H groups in total. The van der Waals surface area contributed by atoms with Crippen LogP contribution in [0.1, 0.15) is 57.0 Å². The fourth-order valence-corrected chi connectivity index (χ4v) is 4.80. The van der Waals surface area contributed by atoms with Gasteiger partial charge in [-0.2, -0.15) is 4.39 Å². The van der Waals surface area contributed by atoms with Crippen LogP contribution in [0.25, 0.3) is 10.6 Å². The number of esters is 1. The Hall–Kier alpha value is -4.51. The number of rotatable bonds is 14. The number of aryl methyl sites for hydroxylation is 1. The summed E-state index contributed by atoms with van der Waals surface area (Å²) in [7, 11) is 1.35. The summed E-state index contributed by atoms with van der Waals surface area (Å²) in [5, 5.41) is 13.0. The highest BCUT2D eigenvalue weighted by molar-refractivity contribution is 7.14. The quantitative estimate of drug-likeness (QED) is 0.0715. The monoisotopic (exact) mass is 576 g/mol. The van der Waals surface area contributed by atoms with E-state index in [1.54, 1.807) is 29.5 Å². The molecule has 4 rings (SSSR count). The van der Waals surface area contributed by atoms with E-state index in [4.69, 9.17) is 9.47 Å². The minimum atomic E-state index is -0.727. The van der Waals surface area contributed by atoms with Crippen LogP contribution in [-0.2, 0) is 22.6 Å². The summed E-state index contributed by atoms with van der Waals surface area (Å²) in [5.41, 5.74) is 2.36. The topological polar surface area (TPSA) is 120 Å². The number of methoxy groups -OCH3 is 1. The molecule has 2 aromatic heterocycles. The van der Waals surface area contributed by atoms with Crippen molar-refractivity contribution < 1.29 is 28.2 Å². The van der Waals surface area contributed by atoms with Crippen molar-refractivity contribution >= 4 is 29.0 Å². The molecule has 0 spiro atoms. The van der Waals surface area contributed by atoms with Gasteiger partial charge in [-0.25, -0.2) is 9.78 Å². The number of aromatic nitrogens is 3. The summed E-state index contributed by atoms with van der Waals surface area (Å²) in [5.74, 6) is -1.83. The number of benzene rings is 2. The van der Waals surface area contributed by atoms with Gasteiger partial charge in [0.05, 0.1) is 12.7 Å². The number of pyridine rings is 1. The lowest BCUT2D eigenvalue weighted by molar-refractivity contribution is -0.117. The number of Topliss-reactive ketones (excluding diaryl/α,β-unsaturated/α-hetero) is 1. The fraction of sp³-hybridized carbons (Fsp3) is 0.267. The second-order valence-corrected chi connectivity index (χ2v) is 10.2. The molecular formula is C30H29FN4O5S. The number of amides is 1. The maximum atomic E-state index is 12.9. The molecule has 0 bridgehead atoms. The molecule has 11 heteroatoms. The van der Waals surface area contributed by atoms with Gasteiger partial charge in [-0.1, -0.05) is 36.3 Å². The molecule has 41 heavy (non-hydrogen) atoms. The number of carbonyl (C=O) groups excluding carboxylic acids is 3. The SMILES string of the molecule is COC(=O)c1cccc(COc2ccc(-c3nnc(CCCCCCNC(=O)C(=O)c4ccc(F)nc4)s3)cc2)c1. The van der Waals surface area contributed by atoms with Crippen LogP contribution in [0.3, 0.4) is 0 Å². The summed E-state index contributed by atoms with van der Waals surface area (Å²) >= 11 is 1.55. The predicted octanol–water partition coefficient (Wildman–Crippen LogP) is 5.21. The number of hydrogen-bond donors (Lipinski definition) is 1. The van der Waals surface area contributed by atoms with Crippen molar-refractivity contribution in [3.05, 3.63) is 94.5 Å². The Morgan fingerprint density at radius 1 is 0.927 bits per heavy atom. The molecule has 1 amide bonds. The van der Waals surface area contributed by atoms with Crippen LogP contribution >= 0.6 is 11.3 Å². The molecule has 4 aromatic rings. The van der Waals surface area contributed by atoms with Gasteiger partial charge in [-0.15, -0.1) is 10.2 Å². The number of ether oxygens (including phenoxy) is 2. The third-order valence-corrected chi connectivity index (χ3v) is 7.15. The zero-order chi connectivity index (χ0) is 29.0. The van der Waals surface area contributed by atoms with E-state index in [2.05, 4.69) is 20.5 Å². The van der Waals surface area contributed by atoms with Crippen molar-refractivity contribution in [3.8, 4) is 16.3 Å². The minimum absolute atomic E-state index is 0.0596. The number of nitrogens with one attached hydrogen (secondary N) is 1. The highest BCUT2D eigenvalue weighted by Gasteiger charge is 2.16. The van der Waals surface area contributed by atoms with Crippen LogP contribution in [0.15, 0.2) is 66.9 Å². The van der Waals surface area contributed by atoms with E-state index in [-0.39, 0.29) is 11.5 Å². The van der Waals surface area contributed by atoms with Gasteiger partial charge < -0.3 is 14.8 Å². The van der Waals surface area contributed by atoms with Crippen LogP contribution in [0, 0.1) is 5.95 Å². The Balaban J connectivity index is 1.13. The molecule has 2 heterocycles. The highest BCUT2D eigenvalue weighted by atomic mass is 32.1. The van der Waals surface area contributed by atoms with Crippen LogP contribution in [-0.4, -0.2) is 46.5 Å². The summed E-state index contributed by atoms with van der Waals surface area (Å²) in [6, 6.07) is 17.1. The average Bonchev–Trinajstić information content (AvgIpc) is 3.48. The lowest BCUT2D eigenvalue weighted by Gasteiger charge is -2.08. The molecule has 0 aliphatic rings. The second kappa shape index (κ2) is 14.8. The smallest absolute Gasteiger partial charge is 0.337 e. The molecule has 9 nitrogen and oxygen atoms in total. The van der Waals surface area contributed by atoms with E-state index < -0.39 is 17.6 Å². The van der Waals surface area contributed by atoms with Crippen molar-refractivity contribution in [3.63, 3.8) is 0 Å². The van der Waals surface area contributed by atoms with Gasteiger partial charge in [0, 0.05) is 30.3 Å². The first-order valence-electron chi connectivity index (χ1n) is 13.1. The van der Waals surface area contributed by atoms with Crippen LogP contribution in [0.4, 0.5) is 4.39 Å². The Labute approximate surface area is 240 Å². The van der Waals surface area contributed by atoms with Crippen molar-refractivity contribution in [2.24, 2.45) is 0 Å². The second-order valence-electron chi connectivity index (χ2n) is 9.12. The van der Waals surface area contributed by atoms with Gasteiger partial charge in [-0.05, 0) is 66.9 Å². The highest BCUT2D eigenvalue weighted by Crippen LogP contribution is 2.26. The van der Waals surface area contributed by atoms with Gasteiger partial charge in [0.2, 0.25) is 5.95 Å². The molecular weight excluding hydrogens is 547 g/mol. The average molecular weight is 577 g/mol. The molecule has 0 radical (unpaired) electrons. The van der Waals surface area contributed by atoms with Crippen molar-refractivity contribution in [1.29, 1.82) is 0 Å². The maximum Gasteiger partial charge on any atom is 0.337 e. The first-order valence-corrected chi connectivity index (χ1v) is 13.9. The summed E-state index contributed by atoms with van der Waals surface area (Å²) in [6.07, 6.45) is 5.39. The lowest BCUT2D eigenvalue weighted by atomic mass is 10.1. The number of hydrogen-bond acceptors (Lipinski definition) is 9. The molecule has 212 valence electrons. The van der Waals surface area contributed by atoms with E-state index in [1.165, 1.54) is 13.2 Å². The van der Waals surface area contributed by atoms with Crippen molar-refractivity contribution in [1.82, 2.24) is 20.5 Å². The minimum Gasteiger partial charge on any atom is -0.489 e. The van der Waals surface area contributed by atoms with Crippen molar-refractivity contribution in [2.75, 3.05) is 13.7 Å². The Bertz CT molecular complexity index is 1480. The van der Waals surface area contributed by atoms with E-state index in [9.17, 15) is 18.8 Å². The third-order valence-electron chi connectivity index (χ3n) is 6.12. The van der Waals surface area contributed by atoms with E-state index in [0.29, 0.717) is 24.5 Å². The Kier molecular flexibility index (Phi) is 10.6. The number of halogens is 1.